The number of nitrogens with one attached hydrogen (secondary N) is 1. The number of anilines is 1. The Bertz CT molecular complexity index is 800. The Kier molecular flexibility index (Phi) is 8.51. The van der Waals surface area contributed by atoms with Crippen molar-refractivity contribution in [2.24, 2.45) is 0 Å². The Balaban J connectivity index is 2.13. The maximum absolute atomic E-state index is 12.7. The van der Waals surface area contributed by atoms with Crippen LogP contribution in [-0.4, -0.2) is 36.4 Å². The molecular weight excluding hydrogens is 420 g/mol. The summed E-state index contributed by atoms with van der Waals surface area (Å²) in [5.74, 6) is 0.291. The van der Waals surface area contributed by atoms with Crippen LogP contribution in [0.4, 0.5) is 5.69 Å². The van der Waals surface area contributed by atoms with Crippen molar-refractivity contribution in [1.29, 1.82) is 0 Å². The molecule has 0 aliphatic rings. The molecule has 0 saturated carbocycles. The molecule has 0 spiro atoms. The SMILES string of the molecule is CCCN(CCC)C(=O)c1ccc(NC(=O)c2cc(Br)ccc2OCC)cc1. The minimum Gasteiger partial charge on any atom is -0.493 e. The van der Waals surface area contributed by atoms with E-state index in [0.29, 0.717) is 29.2 Å². The van der Waals surface area contributed by atoms with E-state index in [4.69, 9.17) is 4.74 Å². The van der Waals surface area contributed by atoms with Gasteiger partial charge in [-0.05, 0) is 62.2 Å². The van der Waals surface area contributed by atoms with Crippen LogP contribution in [0.2, 0.25) is 0 Å². The number of carbonyl (C=O) groups excluding carboxylic acids is 2. The summed E-state index contributed by atoms with van der Waals surface area (Å²) in [6.45, 7) is 7.97. The molecule has 1 N–H and O–H groups in total. The molecule has 6 heteroatoms. The number of amides is 2. The van der Waals surface area contributed by atoms with Crippen molar-refractivity contribution >= 4 is 33.4 Å². The van der Waals surface area contributed by atoms with Gasteiger partial charge in [0.15, 0.2) is 0 Å². The van der Waals surface area contributed by atoms with Gasteiger partial charge in [0.05, 0.1) is 12.2 Å². The first-order valence-electron chi connectivity index (χ1n) is 9.63. The molecule has 0 fully saturated rings. The monoisotopic (exact) mass is 446 g/mol. The zero-order chi connectivity index (χ0) is 20.5. The molecule has 0 atom stereocenters. The summed E-state index contributed by atoms with van der Waals surface area (Å²) in [5, 5.41) is 2.87. The molecule has 0 saturated heterocycles. The molecule has 0 bridgehead atoms. The van der Waals surface area contributed by atoms with Crippen LogP contribution in [0.15, 0.2) is 46.9 Å². The van der Waals surface area contributed by atoms with Crippen LogP contribution in [0.25, 0.3) is 0 Å². The fourth-order valence-corrected chi connectivity index (χ4v) is 3.25. The lowest BCUT2D eigenvalue weighted by Crippen LogP contribution is -2.32. The zero-order valence-electron chi connectivity index (χ0n) is 16.6. The minimum absolute atomic E-state index is 0.0206. The number of hydrogen-bond donors (Lipinski definition) is 1. The number of ether oxygens (including phenoxy) is 1. The van der Waals surface area contributed by atoms with E-state index in [0.717, 1.165) is 30.4 Å². The van der Waals surface area contributed by atoms with E-state index in [1.807, 2.05) is 17.9 Å². The van der Waals surface area contributed by atoms with Gasteiger partial charge >= 0.3 is 0 Å². The van der Waals surface area contributed by atoms with Gasteiger partial charge in [0.1, 0.15) is 5.75 Å². The Labute approximate surface area is 175 Å². The van der Waals surface area contributed by atoms with E-state index >= 15 is 0 Å². The summed E-state index contributed by atoms with van der Waals surface area (Å²) in [7, 11) is 0. The van der Waals surface area contributed by atoms with Gasteiger partial charge in [-0.25, -0.2) is 0 Å². The van der Waals surface area contributed by atoms with Crippen LogP contribution in [0.3, 0.4) is 0 Å². The number of hydrogen-bond acceptors (Lipinski definition) is 3. The summed E-state index contributed by atoms with van der Waals surface area (Å²) in [4.78, 5) is 27.2. The van der Waals surface area contributed by atoms with E-state index < -0.39 is 0 Å². The predicted molar refractivity (Wildman–Crippen MR) is 116 cm³/mol. The first-order chi connectivity index (χ1) is 13.5. The summed E-state index contributed by atoms with van der Waals surface area (Å²) >= 11 is 3.39. The molecule has 0 aliphatic carbocycles. The molecule has 2 aromatic carbocycles. The third-order valence-electron chi connectivity index (χ3n) is 4.15. The fraction of sp³-hybridized carbons (Fsp3) is 0.364. The highest BCUT2D eigenvalue weighted by molar-refractivity contribution is 9.10. The summed E-state index contributed by atoms with van der Waals surface area (Å²) in [6, 6.07) is 12.3. The van der Waals surface area contributed by atoms with E-state index in [9.17, 15) is 9.59 Å². The fourth-order valence-electron chi connectivity index (χ4n) is 2.89. The van der Waals surface area contributed by atoms with E-state index in [-0.39, 0.29) is 11.8 Å². The minimum atomic E-state index is -0.262. The third kappa shape index (κ3) is 5.83. The number of carbonyl (C=O) groups is 2. The van der Waals surface area contributed by atoms with Crippen molar-refractivity contribution < 1.29 is 14.3 Å². The van der Waals surface area contributed by atoms with E-state index in [2.05, 4.69) is 35.1 Å². The van der Waals surface area contributed by atoms with Gasteiger partial charge < -0.3 is 15.0 Å². The van der Waals surface area contributed by atoms with Crippen LogP contribution >= 0.6 is 15.9 Å². The summed E-state index contributed by atoms with van der Waals surface area (Å²) < 4.78 is 6.34. The van der Waals surface area contributed by atoms with Gasteiger partial charge in [0, 0.05) is 28.8 Å². The smallest absolute Gasteiger partial charge is 0.259 e. The van der Waals surface area contributed by atoms with Crippen molar-refractivity contribution in [1.82, 2.24) is 4.90 Å². The van der Waals surface area contributed by atoms with Crippen LogP contribution < -0.4 is 10.1 Å². The van der Waals surface area contributed by atoms with Gasteiger partial charge in [0.2, 0.25) is 0 Å². The van der Waals surface area contributed by atoms with Crippen molar-refractivity contribution in [3.8, 4) is 5.75 Å². The molecular formula is C22H27BrN2O3. The molecule has 0 unspecified atom stereocenters. The van der Waals surface area contributed by atoms with Crippen LogP contribution in [0.1, 0.15) is 54.3 Å². The second-order valence-electron chi connectivity index (χ2n) is 6.40. The highest BCUT2D eigenvalue weighted by atomic mass is 79.9. The number of nitrogens with zero attached hydrogens (tertiary/aromatic N) is 1. The second kappa shape index (κ2) is 10.9. The van der Waals surface area contributed by atoms with Crippen LogP contribution in [0, 0.1) is 0 Å². The average molecular weight is 447 g/mol. The van der Waals surface area contributed by atoms with Crippen molar-refractivity contribution in [2.75, 3.05) is 25.0 Å². The van der Waals surface area contributed by atoms with Crippen molar-refractivity contribution in [2.45, 2.75) is 33.6 Å². The topological polar surface area (TPSA) is 58.6 Å². The summed E-state index contributed by atoms with van der Waals surface area (Å²) in [5.41, 5.74) is 1.70. The molecule has 28 heavy (non-hydrogen) atoms. The van der Waals surface area contributed by atoms with Crippen LogP contribution in [0.5, 0.6) is 5.75 Å². The Morgan fingerprint density at radius 3 is 2.21 bits per heavy atom. The lowest BCUT2D eigenvalue weighted by Gasteiger charge is -2.21. The molecule has 0 heterocycles. The highest BCUT2D eigenvalue weighted by Crippen LogP contribution is 2.24. The largest absolute Gasteiger partial charge is 0.493 e. The second-order valence-corrected chi connectivity index (χ2v) is 7.31. The van der Waals surface area contributed by atoms with Gasteiger partial charge in [-0.15, -0.1) is 0 Å². The number of benzene rings is 2. The lowest BCUT2D eigenvalue weighted by atomic mass is 10.1. The molecule has 0 aliphatic heterocycles. The Morgan fingerprint density at radius 1 is 1.00 bits per heavy atom. The standard InChI is InChI=1S/C22H27BrN2O3/c1-4-13-25(14-5-2)22(27)16-7-10-18(11-8-16)24-21(26)19-15-17(23)9-12-20(19)28-6-3/h7-12,15H,4-6,13-14H2,1-3H3,(H,24,26). The third-order valence-corrected chi connectivity index (χ3v) is 4.64. The molecule has 2 aromatic rings. The zero-order valence-corrected chi connectivity index (χ0v) is 18.2. The van der Waals surface area contributed by atoms with E-state index in [1.54, 1.807) is 36.4 Å². The number of halogens is 1. The van der Waals surface area contributed by atoms with Crippen molar-refractivity contribution in [3.63, 3.8) is 0 Å². The van der Waals surface area contributed by atoms with Crippen molar-refractivity contribution in [3.05, 3.63) is 58.1 Å². The molecule has 5 nitrogen and oxygen atoms in total. The molecule has 150 valence electrons. The first-order valence-corrected chi connectivity index (χ1v) is 10.4. The average Bonchev–Trinajstić information content (AvgIpc) is 2.69. The Hall–Kier alpha value is -2.34. The maximum atomic E-state index is 12.7. The predicted octanol–water partition coefficient (Wildman–Crippen LogP) is 5.36. The molecule has 0 radical (unpaired) electrons. The van der Waals surface area contributed by atoms with Gasteiger partial charge in [-0.2, -0.15) is 0 Å². The Morgan fingerprint density at radius 2 is 1.64 bits per heavy atom. The normalized spacial score (nSPS) is 10.4. The number of rotatable bonds is 9. The molecule has 2 rings (SSSR count). The quantitative estimate of drug-likeness (QED) is 0.563. The highest BCUT2D eigenvalue weighted by Gasteiger charge is 2.16. The van der Waals surface area contributed by atoms with Gasteiger partial charge in [-0.1, -0.05) is 29.8 Å². The van der Waals surface area contributed by atoms with E-state index in [1.165, 1.54) is 0 Å². The molecule has 0 aromatic heterocycles. The first kappa shape index (κ1) is 22.0. The van der Waals surface area contributed by atoms with Gasteiger partial charge in [0.25, 0.3) is 11.8 Å². The molecule has 2 amide bonds. The summed E-state index contributed by atoms with van der Waals surface area (Å²) in [6.07, 6.45) is 1.85. The van der Waals surface area contributed by atoms with Gasteiger partial charge in [-0.3, -0.25) is 9.59 Å². The lowest BCUT2D eigenvalue weighted by molar-refractivity contribution is 0.0755. The maximum Gasteiger partial charge on any atom is 0.259 e. The van der Waals surface area contributed by atoms with Crippen LogP contribution in [-0.2, 0) is 0 Å².